The molecule has 2 bridgehead atoms. The molecule has 1 aromatic heterocycles. The zero-order valence-electron chi connectivity index (χ0n) is 19.5. The van der Waals surface area contributed by atoms with Crippen LogP contribution in [0.2, 0.25) is 0 Å². The maximum Gasteiger partial charge on any atom is 0.258 e. The van der Waals surface area contributed by atoms with Gasteiger partial charge >= 0.3 is 0 Å². The van der Waals surface area contributed by atoms with Crippen molar-refractivity contribution in [1.29, 1.82) is 0 Å². The lowest BCUT2D eigenvalue weighted by atomic mass is 9.78. The number of anilines is 1. The predicted molar refractivity (Wildman–Crippen MR) is 124 cm³/mol. The number of benzene rings is 1. The number of nitrogens with one attached hydrogen (secondary N) is 1. The molecule has 5 heterocycles. The first-order chi connectivity index (χ1) is 16.3. The molecular weight excluding hydrogens is 440 g/mol. The Kier molecular flexibility index (Phi) is 6.14. The number of rotatable bonds is 5. The lowest BCUT2D eigenvalue weighted by molar-refractivity contribution is -0.137. The Morgan fingerprint density at radius 3 is 2.35 bits per heavy atom. The fraction of sp³-hybridized carbons (Fsp3) is 0.560. The van der Waals surface area contributed by atoms with Gasteiger partial charge in [0, 0.05) is 44.1 Å². The molecule has 0 saturated carbocycles. The standard InChI is InChI=1S/C25H31F2N5O2/c1-24(10-15-31-13-8-18(24)9-14-31)28-23(33)25(27)11-16-32(17-12-25)21-6-7-22(30-29-21)34-20-4-2-19(26)3-5-20/h2-7,18H,8-17H2,1H3,(H,28,33). The maximum absolute atomic E-state index is 15.7. The topological polar surface area (TPSA) is 70.6 Å². The first-order valence-corrected chi connectivity index (χ1v) is 12.1. The van der Waals surface area contributed by atoms with Crippen LogP contribution in [0, 0.1) is 11.7 Å². The number of carbonyl (C=O) groups excluding carboxylic acids is 1. The number of halogens is 2. The lowest BCUT2D eigenvalue weighted by Gasteiger charge is -2.41. The first-order valence-electron chi connectivity index (χ1n) is 12.1. The van der Waals surface area contributed by atoms with E-state index in [1.54, 1.807) is 12.1 Å². The van der Waals surface area contributed by atoms with Gasteiger partial charge in [-0.3, -0.25) is 4.79 Å². The molecule has 4 aliphatic rings. The van der Waals surface area contributed by atoms with Crippen molar-refractivity contribution in [1.82, 2.24) is 20.4 Å². The van der Waals surface area contributed by atoms with Gasteiger partial charge in [-0.25, -0.2) is 8.78 Å². The van der Waals surface area contributed by atoms with E-state index in [2.05, 4.69) is 27.3 Å². The zero-order chi connectivity index (χ0) is 23.8. The number of nitrogens with zero attached hydrogens (tertiary/aromatic N) is 4. The number of carbonyl (C=O) groups is 1. The zero-order valence-corrected chi connectivity index (χ0v) is 19.5. The van der Waals surface area contributed by atoms with Crippen molar-refractivity contribution in [3.05, 3.63) is 42.2 Å². The molecule has 4 aliphatic heterocycles. The van der Waals surface area contributed by atoms with Crippen molar-refractivity contribution < 1.29 is 18.3 Å². The average Bonchev–Trinajstić information content (AvgIpc) is 3.10. The molecule has 6 rings (SSSR count). The average molecular weight is 472 g/mol. The summed E-state index contributed by atoms with van der Waals surface area (Å²) in [7, 11) is 0. The van der Waals surface area contributed by atoms with Crippen molar-refractivity contribution >= 4 is 11.7 Å². The van der Waals surface area contributed by atoms with Crippen molar-refractivity contribution in [2.45, 2.75) is 50.2 Å². The van der Waals surface area contributed by atoms with Crippen LogP contribution in [-0.2, 0) is 4.79 Å². The maximum atomic E-state index is 15.7. The molecule has 9 heteroatoms. The molecule has 1 aromatic carbocycles. The highest BCUT2D eigenvalue weighted by molar-refractivity contribution is 5.86. The number of amides is 1. The molecule has 1 N–H and O–H groups in total. The van der Waals surface area contributed by atoms with Gasteiger partial charge in [0.25, 0.3) is 5.91 Å². The summed E-state index contributed by atoms with van der Waals surface area (Å²) in [4.78, 5) is 17.4. The largest absolute Gasteiger partial charge is 0.438 e. The van der Waals surface area contributed by atoms with Gasteiger partial charge in [-0.15, -0.1) is 10.2 Å². The minimum Gasteiger partial charge on any atom is -0.438 e. The van der Waals surface area contributed by atoms with Crippen molar-refractivity contribution in [2.75, 3.05) is 37.6 Å². The van der Waals surface area contributed by atoms with Crippen molar-refractivity contribution in [3.8, 4) is 11.6 Å². The number of aromatic nitrogens is 2. The second-order valence-corrected chi connectivity index (χ2v) is 9.98. The van der Waals surface area contributed by atoms with E-state index in [4.69, 9.17) is 4.74 Å². The number of hydrogen-bond donors (Lipinski definition) is 1. The summed E-state index contributed by atoms with van der Waals surface area (Å²) in [5.74, 6) is 0.950. The van der Waals surface area contributed by atoms with E-state index < -0.39 is 11.6 Å². The Morgan fingerprint density at radius 2 is 1.71 bits per heavy atom. The van der Waals surface area contributed by atoms with Crippen molar-refractivity contribution in [3.63, 3.8) is 0 Å². The minimum absolute atomic E-state index is 0.112. The van der Waals surface area contributed by atoms with Gasteiger partial charge in [0.1, 0.15) is 11.6 Å². The van der Waals surface area contributed by atoms with E-state index in [9.17, 15) is 9.18 Å². The Bertz CT molecular complexity index is 1000. The number of alkyl halides is 1. The van der Waals surface area contributed by atoms with Crippen LogP contribution < -0.4 is 15.0 Å². The number of fused-ring (bicyclic) bond motifs is 4. The monoisotopic (exact) mass is 471 g/mol. The fourth-order valence-corrected chi connectivity index (χ4v) is 5.40. The first kappa shape index (κ1) is 23.0. The number of piperidine rings is 2. The second kappa shape index (κ2) is 9.09. The van der Waals surface area contributed by atoms with E-state index in [-0.39, 0.29) is 30.1 Å². The third kappa shape index (κ3) is 4.71. The molecule has 4 fully saturated rings. The smallest absolute Gasteiger partial charge is 0.258 e. The Morgan fingerprint density at radius 1 is 1.00 bits per heavy atom. The van der Waals surface area contributed by atoms with E-state index >= 15 is 4.39 Å². The highest BCUT2D eigenvalue weighted by Gasteiger charge is 2.47. The van der Waals surface area contributed by atoms with Crippen LogP contribution in [0.5, 0.6) is 11.6 Å². The molecule has 1 unspecified atom stereocenters. The van der Waals surface area contributed by atoms with Crippen LogP contribution in [-0.4, -0.2) is 64.9 Å². The summed E-state index contributed by atoms with van der Waals surface area (Å²) < 4.78 is 34.3. The minimum atomic E-state index is -1.87. The van der Waals surface area contributed by atoms with Gasteiger partial charge in [0.2, 0.25) is 5.88 Å². The van der Waals surface area contributed by atoms with Gasteiger partial charge in [-0.1, -0.05) is 0 Å². The van der Waals surface area contributed by atoms with Gasteiger partial charge in [-0.2, -0.15) is 0 Å². The van der Waals surface area contributed by atoms with Crippen LogP contribution in [0.25, 0.3) is 0 Å². The fourth-order valence-electron chi connectivity index (χ4n) is 5.40. The molecule has 1 atom stereocenters. The van der Waals surface area contributed by atoms with E-state index in [1.807, 2.05) is 4.90 Å². The summed E-state index contributed by atoms with van der Waals surface area (Å²) in [6, 6.07) is 9.08. The van der Waals surface area contributed by atoms with Gasteiger partial charge in [0.05, 0.1) is 0 Å². The Hall–Kier alpha value is -2.81. The molecule has 2 aromatic rings. The molecular formula is C25H31F2N5O2. The van der Waals surface area contributed by atoms with Gasteiger partial charge in [0.15, 0.2) is 11.5 Å². The molecule has 182 valence electrons. The third-order valence-electron chi connectivity index (χ3n) is 7.78. The summed E-state index contributed by atoms with van der Waals surface area (Å²) >= 11 is 0. The summed E-state index contributed by atoms with van der Waals surface area (Å²) in [5.41, 5.74) is -2.21. The summed E-state index contributed by atoms with van der Waals surface area (Å²) in [6.45, 7) is 5.95. The Labute approximate surface area is 198 Å². The molecule has 1 amide bonds. The summed E-state index contributed by atoms with van der Waals surface area (Å²) in [5, 5.41) is 11.4. The van der Waals surface area contributed by atoms with Gasteiger partial charge < -0.3 is 19.9 Å². The molecule has 0 spiro atoms. The van der Waals surface area contributed by atoms with Crippen LogP contribution >= 0.6 is 0 Å². The highest BCUT2D eigenvalue weighted by atomic mass is 19.1. The van der Waals surface area contributed by atoms with Crippen LogP contribution in [0.15, 0.2) is 36.4 Å². The lowest BCUT2D eigenvalue weighted by Crippen LogP contribution is -2.59. The normalized spacial score (nSPS) is 28.3. The quantitative estimate of drug-likeness (QED) is 0.717. The number of ether oxygens (including phenoxy) is 1. The highest BCUT2D eigenvalue weighted by Crippen LogP contribution is 2.37. The van der Waals surface area contributed by atoms with E-state index in [1.165, 1.54) is 24.3 Å². The third-order valence-corrected chi connectivity index (χ3v) is 7.78. The molecule has 0 aliphatic carbocycles. The van der Waals surface area contributed by atoms with Gasteiger partial charge in [-0.05, 0) is 75.5 Å². The molecule has 34 heavy (non-hydrogen) atoms. The van der Waals surface area contributed by atoms with Crippen LogP contribution in [0.4, 0.5) is 14.6 Å². The number of hydrogen-bond acceptors (Lipinski definition) is 6. The molecule has 4 saturated heterocycles. The second-order valence-electron chi connectivity index (χ2n) is 9.98. The van der Waals surface area contributed by atoms with Crippen LogP contribution in [0.3, 0.4) is 0 Å². The molecule has 7 nitrogen and oxygen atoms in total. The van der Waals surface area contributed by atoms with Crippen molar-refractivity contribution in [2.24, 2.45) is 5.92 Å². The van der Waals surface area contributed by atoms with Crippen LogP contribution in [0.1, 0.15) is 39.0 Å². The summed E-state index contributed by atoms with van der Waals surface area (Å²) in [6.07, 6.45) is 3.21. The SMILES string of the molecule is CC1(NC(=O)C2(F)CCN(c3ccc(Oc4ccc(F)cc4)nn3)CC2)CCN2CCC1CC2. The van der Waals surface area contributed by atoms with E-state index in [0.29, 0.717) is 30.6 Å². The molecule has 0 radical (unpaired) electrons. The van der Waals surface area contributed by atoms with E-state index in [0.717, 1.165) is 38.9 Å². The predicted octanol–water partition coefficient (Wildman–Crippen LogP) is 3.71. The Balaban J connectivity index is 1.17.